The molecule has 0 saturated heterocycles. The maximum absolute atomic E-state index is 2.74. The first-order valence-electron chi connectivity index (χ1n) is 4.49. The van der Waals surface area contributed by atoms with Crippen molar-refractivity contribution in [3.05, 3.63) is 34.9 Å². The largest absolute Gasteiger partial charge is 0.133 e. The summed E-state index contributed by atoms with van der Waals surface area (Å²) in [5.74, 6) is 0. The Labute approximate surface area is 78.6 Å². The highest BCUT2D eigenvalue weighted by molar-refractivity contribution is 7.15. The summed E-state index contributed by atoms with van der Waals surface area (Å²) in [6.45, 7) is 8.27. The van der Waals surface area contributed by atoms with Crippen molar-refractivity contribution in [3.63, 3.8) is 0 Å². The zero-order valence-electron chi connectivity index (χ0n) is 8.52. The van der Waals surface area contributed by atoms with Gasteiger partial charge >= 0.3 is 0 Å². The molecule has 0 nitrogen and oxygen atoms in total. The quantitative estimate of drug-likeness (QED) is 0.581. The van der Waals surface area contributed by atoms with Gasteiger partial charge in [0.25, 0.3) is 0 Å². The fourth-order valence-electron chi connectivity index (χ4n) is 1.19. The summed E-state index contributed by atoms with van der Waals surface area (Å²) in [6, 6.07) is 6.64. The van der Waals surface area contributed by atoms with E-state index in [4.69, 9.17) is 0 Å². The van der Waals surface area contributed by atoms with E-state index >= 15 is 0 Å². The highest BCUT2D eigenvalue weighted by atomic mass is 31.0. The van der Waals surface area contributed by atoms with Crippen LogP contribution in [0.5, 0.6) is 0 Å². The molecule has 0 fully saturated rings. The maximum Gasteiger partial charge on any atom is -0.0128 e. The van der Waals surface area contributed by atoms with Crippen molar-refractivity contribution in [2.75, 3.05) is 0 Å². The van der Waals surface area contributed by atoms with Crippen LogP contribution < -0.4 is 0 Å². The van der Waals surface area contributed by atoms with E-state index in [1.165, 1.54) is 16.7 Å². The highest BCUT2D eigenvalue weighted by Crippen LogP contribution is 2.11. The summed E-state index contributed by atoms with van der Waals surface area (Å²) < 4.78 is 0. The van der Waals surface area contributed by atoms with E-state index in [0.717, 1.165) is 6.16 Å². The van der Waals surface area contributed by atoms with Gasteiger partial charge in [-0.05, 0) is 25.6 Å². The number of benzene rings is 1. The molecule has 1 rings (SSSR count). The lowest BCUT2D eigenvalue weighted by molar-refractivity contribution is 1.30. The first-order chi connectivity index (χ1) is 5.72. The van der Waals surface area contributed by atoms with Crippen LogP contribution in [0.2, 0.25) is 0 Å². The second-order valence-electron chi connectivity index (χ2n) is 2.70. The van der Waals surface area contributed by atoms with Crippen molar-refractivity contribution in [1.29, 1.82) is 0 Å². The monoisotopic (exact) mass is 182 g/mol. The van der Waals surface area contributed by atoms with Gasteiger partial charge < -0.3 is 0 Å². The number of rotatable bonds is 1. The molecule has 1 atom stereocenters. The Morgan fingerprint density at radius 1 is 1.00 bits per heavy atom. The van der Waals surface area contributed by atoms with Crippen LogP contribution in [0.4, 0.5) is 0 Å². The van der Waals surface area contributed by atoms with Crippen LogP contribution in [0.1, 0.15) is 30.5 Å². The normalized spacial score (nSPS) is 8.75. The third kappa shape index (κ3) is 3.88. The van der Waals surface area contributed by atoms with Crippen LogP contribution >= 0.6 is 9.24 Å². The molecular formula is C11H19P. The average Bonchev–Trinajstić information content (AvgIpc) is 2.06. The van der Waals surface area contributed by atoms with Gasteiger partial charge in [-0.15, -0.1) is 9.24 Å². The molecule has 0 amide bonds. The molecule has 0 aliphatic heterocycles. The van der Waals surface area contributed by atoms with Crippen LogP contribution in [0.15, 0.2) is 18.2 Å². The minimum atomic E-state index is 1.06. The zero-order valence-corrected chi connectivity index (χ0v) is 9.67. The summed E-state index contributed by atoms with van der Waals surface area (Å²) in [7, 11) is 2.74. The summed E-state index contributed by atoms with van der Waals surface area (Å²) >= 11 is 0. The minimum Gasteiger partial charge on any atom is -0.133 e. The molecular weight excluding hydrogens is 163 g/mol. The molecule has 1 unspecified atom stereocenters. The molecule has 0 N–H and O–H groups in total. The first kappa shape index (κ1) is 11.6. The molecule has 0 heterocycles. The van der Waals surface area contributed by atoms with Crippen molar-refractivity contribution in [1.82, 2.24) is 0 Å². The second-order valence-corrected chi connectivity index (χ2v) is 3.11. The standard InChI is InChI=1S/C9H13P.C2H6/c1-7-3-8(2)5-9(4-7)6-10;1-2/h3-5H,6,10H2,1-2H3;1-2H3. The second kappa shape index (κ2) is 6.20. The Bertz CT molecular complexity index is 208. The third-order valence-electron chi connectivity index (χ3n) is 1.52. The Hall–Kier alpha value is -0.350. The van der Waals surface area contributed by atoms with Crippen molar-refractivity contribution < 1.29 is 0 Å². The first-order valence-corrected chi connectivity index (χ1v) is 5.31. The molecule has 0 spiro atoms. The number of hydrogen-bond acceptors (Lipinski definition) is 0. The third-order valence-corrected chi connectivity index (χ3v) is 1.99. The van der Waals surface area contributed by atoms with E-state index in [0.29, 0.717) is 0 Å². The molecule has 0 saturated carbocycles. The van der Waals surface area contributed by atoms with Crippen LogP contribution in [-0.2, 0) is 6.16 Å². The van der Waals surface area contributed by atoms with Crippen molar-refractivity contribution in [2.45, 2.75) is 33.9 Å². The van der Waals surface area contributed by atoms with Gasteiger partial charge in [0.15, 0.2) is 0 Å². The maximum atomic E-state index is 2.74. The Kier molecular flexibility index (Phi) is 6.02. The molecule has 1 aromatic carbocycles. The van der Waals surface area contributed by atoms with Crippen LogP contribution in [0, 0.1) is 13.8 Å². The number of aryl methyl sites for hydroxylation is 2. The van der Waals surface area contributed by atoms with Crippen LogP contribution in [0.3, 0.4) is 0 Å². The average molecular weight is 182 g/mol. The highest BCUT2D eigenvalue weighted by Gasteiger charge is 1.91. The summed E-state index contributed by atoms with van der Waals surface area (Å²) in [5.41, 5.74) is 4.12. The predicted octanol–water partition coefficient (Wildman–Crippen LogP) is 3.70. The van der Waals surface area contributed by atoms with Crippen molar-refractivity contribution in [2.24, 2.45) is 0 Å². The van der Waals surface area contributed by atoms with Gasteiger partial charge in [0.2, 0.25) is 0 Å². The van der Waals surface area contributed by atoms with E-state index in [1.54, 1.807) is 0 Å². The molecule has 1 aromatic rings. The predicted molar refractivity (Wildman–Crippen MR) is 60.7 cm³/mol. The molecule has 0 radical (unpaired) electrons. The van der Waals surface area contributed by atoms with Gasteiger partial charge in [-0.25, -0.2) is 0 Å². The SMILES string of the molecule is CC.Cc1cc(C)cc(CP)c1. The smallest absolute Gasteiger partial charge is 0.0128 e. The van der Waals surface area contributed by atoms with Gasteiger partial charge in [0.05, 0.1) is 0 Å². The summed E-state index contributed by atoms with van der Waals surface area (Å²) in [4.78, 5) is 0. The van der Waals surface area contributed by atoms with Crippen LogP contribution in [0.25, 0.3) is 0 Å². The topological polar surface area (TPSA) is 0 Å². The molecule has 0 aromatic heterocycles. The van der Waals surface area contributed by atoms with Gasteiger partial charge in [-0.3, -0.25) is 0 Å². The van der Waals surface area contributed by atoms with Crippen molar-refractivity contribution >= 4 is 9.24 Å². The van der Waals surface area contributed by atoms with E-state index in [-0.39, 0.29) is 0 Å². The lowest BCUT2D eigenvalue weighted by Crippen LogP contribution is -1.81. The van der Waals surface area contributed by atoms with E-state index in [9.17, 15) is 0 Å². The lowest BCUT2D eigenvalue weighted by atomic mass is 10.1. The zero-order chi connectivity index (χ0) is 9.56. The number of hydrogen-bond donors (Lipinski definition) is 0. The lowest BCUT2D eigenvalue weighted by Gasteiger charge is -2.00. The fraction of sp³-hybridized carbons (Fsp3) is 0.455. The van der Waals surface area contributed by atoms with Gasteiger partial charge in [-0.1, -0.05) is 43.2 Å². The molecule has 0 aliphatic carbocycles. The summed E-state index contributed by atoms with van der Waals surface area (Å²) in [6.07, 6.45) is 1.06. The molecule has 0 aliphatic rings. The molecule has 68 valence electrons. The van der Waals surface area contributed by atoms with E-state index < -0.39 is 0 Å². The van der Waals surface area contributed by atoms with Crippen molar-refractivity contribution in [3.8, 4) is 0 Å². The fourth-order valence-corrected chi connectivity index (χ4v) is 1.42. The Morgan fingerprint density at radius 3 is 1.75 bits per heavy atom. The molecule has 12 heavy (non-hydrogen) atoms. The van der Waals surface area contributed by atoms with Gasteiger partial charge in [0.1, 0.15) is 0 Å². The molecule has 0 bridgehead atoms. The minimum absolute atomic E-state index is 1.06. The Balaban J connectivity index is 0.000000561. The van der Waals surface area contributed by atoms with Gasteiger partial charge in [0, 0.05) is 0 Å². The van der Waals surface area contributed by atoms with Crippen LogP contribution in [-0.4, -0.2) is 0 Å². The molecule has 1 heteroatoms. The van der Waals surface area contributed by atoms with E-state index in [1.807, 2.05) is 13.8 Å². The van der Waals surface area contributed by atoms with E-state index in [2.05, 4.69) is 41.3 Å². The van der Waals surface area contributed by atoms with Gasteiger partial charge in [-0.2, -0.15) is 0 Å². The summed E-state index contributed by atoms with van der Waals surface area (Å²) in [5, 5.41) is 0. The Morgan fingerprint density at radius 2 is 1.42 bits per heavy atom.